The van der Waals surface area contributed by atoms with E-state index in [9.17, 15) is 13.2 Å². The summed E-state index contributed by atoms with van der Waals surface area (Å²) in [5, 5.41) is 7.16. The number of nitrogens with zero attached hydrogens (tertiary/aromatic N) is 3. The summed E-state index contributed by atoms with van der Waals surface area (Å²) < 4.78 is 39.5. The molecule has 0 saturated carbocycles. The molecule has 0 spiro atoms. The minimum Gasteiger partial charge on any atom is -0.366 e. The van der Waals surface area contributed by atoms with Crippen molar-refractivity contribution in [2.24, 2.45) is 7.05 Å². The number of aryl methyl sites for hydroxylation is 2. The average molecular weight is 284 g/mol. The Hall–Kier alpha value is -2.05. The van der Waals surface area contributed by atoms with E-state index in [1.807, 2.05) is 20.9 Å². The lowest BCUT2D eigenvalue weighted by molar-refractivity contribution is -0.137. The maximum absolute atomic E-state index is 12.6. The van der Waals surface area contributed by atoms with Gasteiger partial charge in [0.15, 0.2) is 0 Å². The van der Waals surface area contributed by atoms with Crippen LogP contribution >= 0.6 is 0 Å². The van der Waals surface area contributed by atoms with Crippen LogP contribution < -0.4 is 5.32 Å². The molecule has 4 nitrogen and oxygen atoms in total. The summed E-state index contributed by atoms with van der Waals surface area (Å²) in [5.41, 5.74) is 2.08. The van der Waals surface area contributed by atoms with Crippen LogP contribution in [0.25, 0.3) is 0 Å². The van der Waals surface area contributed by atoms with Crippen LogP contribution in [0.15, 0.2) is 18.3 Å². The minimum absolute atomic E-state index is 0.197. The molecule has 0 saturated heterocycles. The molecular weight excluding hydrogens is 269 g/mol. The number of hydrogen-bond donors (Lipinski definition) is 1. The zero-order valence-corrected chi connectivity index (χ0v) is 11.4. The monoisotopic (exact) mass is 284 g/mol. The first-order valence-electron chi connectivity index (χ1n) is 6.05. The first-order valence-corrected chi connectivity index (χ1v) is 6.05. The topological polar surface area (TPSA) is 42.7 Å². The van der Waals surface area contributed by atoms with E-state index in [2.05, 4.69) is 15.4 Å². The molecule has 0 aromatic carbocycles. The van der Waals surface area contributed by atoms with Crippen molar-refractivity contribution in [2.45, 2.75) is 26.6 Å². The second-order valence-electron chi connectivity index (χ2n) is 4.55. The van der Waals surface area contributed by atoms with Crippen LogP contribution in [0.2, 0.25) is 0 Å². The van der Waals surface area contributed by atoms with Gasteiger partial charge in [0.25, 0.3) is 0 Å². The fourth-order valence-corrected chi connectivity index (χ4v) is 1.96. The highest BCUT2D eigenvalue weighted by Crippen LogP contribution is 2.30. The van der Waals surface area contributed by atoms with Crippen LogP contribution in [0, 0.1) is 13.8 Å². The summed E-state index contributed by atoms with van der Waals surface area (Å²) in [5.74, 6) is 0.197. The molecule has 1 N–H and O–H groups in total. The maximum atomic E-state index is 12.6. The molecule has 108 valence electrons. The summed E-state index contributed by atoms with van der Waals surface area (Å²) in [6.07, 6.45) is -3.21. The minimum atomic E-state index is -4.36. The first-order chi connectivity index (χ1) is 9.29. The van der Waals surface area contributed by atoms with Crippen molar-refractivity contribution < 1.29 is 13.2 Å². The zero-order chi connectivity index (χ0) is 14.9. The molecule has 0 aliphatic heterocycles. The highest BCUT2D eigenvalue weighted by Gasteiger charge is 2.30. The molecule has 0 radical (unpaired) electrons. The van der Waals surface area contributed by atoms with Crippen LogP contribution in [0.1, 0.15) is 22.5 Å². The lowest BCUT2D eigenvalue weighted by Crippen LogP contribution is -2.08. The van der Waals surface area contributed by atoms with Crippen molar-refractivity contribution in [2.75, 3.05) is 5.32 Å². The molecule has 20 heavy (non-hydrogen) atoms. The Balaban J connectivity index is 2.15. The van der Waals surface area contributed by atoms with Gasteiger partial charge in [-0.3, -0.25) is 4.68 Å². The molecule has 2 rings (SSSR count). The summed E-state index contributed by atoms with van der Waals surface area (Å²) in [4.78, 5) is 3.90. The normalized spacial score (nSPS) is 11.7. The third kappa shape index (κ3) is 2.92. The number of rotatable bonds is 3. The van der Waals surface area contributed by atoms with Crippen LogP contribution in [0.5, 0.6) is 0 Å². The van der Waals surface area contributed by atoms with E-state index in [1.165, 1.54) is 0 Å². The zero-order valence-electron chi connectivity index (χ0n) is 11.4. The van der Waals surface area contributed by atoms with Crippen molar-refractivity contribution in [3.8, 4) is 0 Å². The van der Waals surface area contributed by atoms with Crippen LogP contribution in [0.3, 0.4) is 0 Å². The lowest BCUT2D eigenvalue weighted by atomic mass is 10.2. The van der Waals surface area contributed by atoms with Gasteiger partial charge in [-0.2, -0.15) is 18.3 Å². The van der Waals surface area contributed by atoms with Gasteiger partial charge in [0.05, 0.1) is 11.3 Å². The number of nitrogens with one attached hydrogen (secondary N) is 1. The van der Waals surface area contributed by atoms with E-state index < -0.39 is 11.7 Å². The van der Waals surface area contributed by atoms with Crippen molar-refractivity contribution in [3.05, 3.63) is 40.8 Å². The summed E-state index contributed by atoms with van der Waals surface area (Å²) >= 11 is 0. The van der Waals surface area contributed by atoms with Gasteiger partial charge in [0, 0.05) is 31.0 Å². The van der Waals surface area contributed by atoms with Gasteiger partial charge in [0.2, 0.25) is 0 Å². The molecular formula is C13H15F3N4. The molecule has 0 unspecified atom stereocenters. The molecule has 0 fully saturated rings. The molecule has 0 atom stereocenters. The van der Waals surface area contributed by atoms with Gasteiger partial charge in [-0.05, 0) is 26.0 Å². The Labute approximate surface area is 114 Å². The van der Waals surface area contributed by atoms with Crippen molar-refractivity contribution in [1.82, 2.24) is 14.8 Å². The van der Waals surface area contributed by atoms with Gasteiger partial charge in [-0.15, -0.1) is 0 Å². The van der Waals surface area contributed by atoms with E-state index in [0.717, 1.165) is 35.3 Å². The average Bonchev–Trinajstić information content (AvgIpc) is 2.61. The molecule has 2 heterocycles. The Bertz CT molecular complexity index is 617. The standard InChI is InChI=1S/C13H15F3N4/c1-8-11(9(2)20(3)19-8)7-18-12-6-10(4-5-17-12)13(14,15)16/h4-6H,7H2,1-3H3,(H,17,18). The van der Waals surface area contributed by atoms with Crippen LogP contribution in [0.4, 0.5) is 19.0 Å². The first kappa shape index (κ1) is 14.4. The second kappa shape index (κ2) is 5.15. The van der Waals surface area contributed by atoms with Gasteiger partial charge < -0.3 is 5.32 Å². The van der Waals surface area contributed by atoms with Gasteiger partial charge in [-0.1, -0.05) is 0 Å². The molecule has 2 aromatic heterocycles. The predicted octanol–water partition coefficient (Wildman–Crippen LogP) is 3.06. The fraction of sp³-hybridized carbons (Fsp3) is 0.385. The molecule has 0 bridgehead atoms. The predicted molar refractivity (Wildman–Crippen MR) is 69.2 cm³/mol. The van der Waals surface area contributed by atoms with E-state index >= 15 is 0 Å². The highest BCUT2D eigenvalue weighted by atomic mass is 19.4. The van der Waals surface area contributed by atoms with Crippen LogP contribution in [-0.2, 0) is 19.8 Å². The maximum Gasteiger partial charge on any atom is 0.416 e. The van der Waals surface area contributed by atoms with Gasteiger partial charge >= 0.3 is 6.18 Å². The molecule has 2 aromatic rings. The van der Waals surface area contributed by atoms with Crippen LogP contribution in [-0.4, -0.2) is 14.8 Å². The Kier molecular flexibility index (Phi) is 3.69. The Morgan fingerprint density at radius 1 is 1.30 bits per heavy atom. The number of halogens is 3. The van der Waals surface area contributed by atoms with E-state index in [-0.39, 0.29) is 5.82 Å². The third-order valence-corrected chi connectivity index (χ3v) is 3.19. The summed E-state index contributed by atoms with van der Waals surface area (Å²) in [6, 6.07) is 1.95. The summed E-state index contributed by atoms with van der Waals surface area (Å²) in [6.45, 7) is 4.17. The number of alkyl halides is 3. The number of aromatic nitrogens is 3. The third-order valence-electron chi connectivity index (χ3n) is 3.19. The second-order valence-corrected chi connectivity index (χ2v) is 4.55. The highest BCUT2D eigenvalue weighted by molar-refractivity contribution is 5.40. The summed E-state index contributed by atoms with van der Waals surface area (Å²) in [7, 11) is 1.83. The molecule has 0 aliphatic carbocycles. The largest absolute Gasteiger partial charge is 0.416 e. The van der Waals surface area contributed by atoms with E-state index in [1.54, 1.807) is 4.68 Å². The molecule has 0 aliphatic rings. The van der Waals surface area contributed by atoms with E-state index in [0.29, 0.717) is 6.54 Å². The SMILES string of the molecule is Cc1nn(C)c(C)c1CNc1cc(C(F)(F)F)ccn1. The number of hydrogen-bond acceptors (Lipinski definition) is 3. The van der Waals surface area contributed by atoms with Gasteiger partial charge in [-0.25, -0.2) is 4.98 Å². The number of anilines is 1. The van der Waals surface area contributed by atoms with E-state index in [4.69, 9.17) is 0 Å². The number of pyridine rings is 1. The lowest BCUT2D eigenvalue weighted by Gasteiger charge is -2.10. The fourth-order valence-electron chi connectivity index (χ4n) is 1.96. The van der Waals surface area contributed by atoms with Crippen molar-refractivity contribution >= 4 is 5.82 Å². The Morgan fingerprint density at radius 2 is 2.00 bits per heavy atom. The van der Waals surface area contributed by atoms with Crippen molar-refractivity contribution in [1.29, 1.82) is 0 Å². The van der Waals surface area contributed by atoms with Gasteiger partial charge in [0.1, 0.15) is 5.82 Å². The van der Waals surface area contributed by atoms with Crippen molar-refractivity contribution in [3.63, 3.8) is 0 Å². The smallest absolute Gasteiger partial charge is 0.366 e. The molecule has 0 amide bonds. The quantitative estimate of drug-likeness (QED) is 0.942. The Morgan fingerprint density at radius 3 is 2.55 bits per heavy atom. The molecule has 7 heteroatoms.